The summed E-state index contributed by atoms with van der Waals surface area (Å²) in [4.78, 5) is 11.0. The summed E-state index contributed by atoms with van der Waals surface area (Å²) in [6.45, 7) is 3.56. The van der Waals surface area contributed by atoms with Gasteiger partial charge in [-0.15, -0.1) is 0 Å². The molecule has 2 heterocycles. The van der Waals surface area contributed by atoms with Crippen molar-refractivity contribution in [1.29, 1.82) is 0 Å². The first-order valence-corrected chi connectivity index (χ1v) is 5.23. The molecule has 4 nitrogen and oxygen atoms in total. The van der Waals surface area contributed by atoms with Crippen molar-refractivity contribution in [2.75, 3.05) is 19.8 Å². The van der Waals surface area contributed by atoms with E-state index in [0.717, 1.165) is 19.4 Å². The Balaban J connectivity index is 1.96. The van der Waals surface area contributed by atoms with Crippen LogP contribution in [0.15, 0.2) is 0 Å². The fourth-order valence-corrected chi connectivity index (χ4v) is 2.04. The number of hydrogen-bond donors (Lipinski definition) is 1. The Bertz CT molecular complexity index is 213. The number of morpholine rings is 1. The standard InChI is InChI=1S/C10H17NO3/c1-10(7-11-9(12)6-14-10)8-4-2-3-5-13-8/h8H,2-7H2,1H3,(H,11,12). The molecule has 0 spiro atoms. The lowest BCUT2D eigenvalue weighted by Gasteiger charge is -2.41. The van der Waals surface area contributed by atoms with E-state index in [1.54, 1.807) is 0 Å². The first kappa shape index (κ1) is 9.93. The molecule has 0 aromatic heterocycles. The lowest BCUT2D eigenvalue weighted by Crippen LogP contribution is -2.58. The number of amides is 1. The maximum absolute atomic E-state index is 11.0. The lowest BCUT2D eigenvalue weighted by atomic mass is 9.91. The highest BCUT2D eigenvalue weighted by molar-refractivity contribution is 5.78. The van der Waals surface area contributed by atoms with Crippen LogP contribution in [-0.2, 0) is 14.3 Å². The van der Waals surface area contributed by atoms with Crippen LogP contribution in [0.1, 0.15) is 26.2 Å². The van der Waals surface area contributed by atoms with E-state index >= 15 is 0 Å². The van der Waals surface area contributed by atoms with E-state index in [9.17, 15) is 4.79 Å². The average molecular weight is 199 g/mol. The van der Waals surface area contributed by atoms with Gasteiger partial charge in [0.2, 0.25) is 5.91 Å². The Morgan fingerprint density at radius 3 is 2.93 bits per heavy atom. The third-order valence-corrected chi connectivity index (χ3v) is 3.03. The van der Waals surface area contributed by atoms with E-state index in [4.69, 9.17) is 9.47 Å². The second-order valence-electron chi connectivity index (χ2n) is 4.23. The first-order valence-electron chi connectivity index (χ1n) is 5.23. The van der Waals surface area contributed by atoms with E-state index in [0.29, 0.717) is 6.54 Å². The molecule has 0 bridgehead atoms. The molecule has 0 aliphatic carbocycles. The van der Waals surface area contributed by atoms with Gasteiger partial charge in [0, 0.05) is 13.2 Å². The SMILES string of the molecule is CC1(C2CCCCO2)CNC(=O)CO1. The van der Waals surface area contributed by atoms with Gasteiger partial charge in [0.05, 0.1) is 6.10 Å². The second kappa shape index (κ2) is 3.87. The van der Waals surface area contributed by atoms with Crippen molar-refractivity contribution in [2.24, 2.45) is 0 Å². The van der Waals surface area contributed by atoms with Crippen LogP contribution >= 0.6 is 0 Å². The van der Waals surface area contributed by atoms with Crippen molar-refractivity contribution in [3.63, 3.8) is 0 Å². The predicted octanol–water partition coefficient (Wildman–Crippen LogP) is 0.461. The highest BCUT2D eigenvalue weighted by Gasteiger charge is 2.40. The molecule has 2 saturated heterocycles. The van der Waals surface area contributed by atoms with E-state index in [1.807, 2.05) is 6.92 Å². The normalized spacial score (nSPS) is 39.2. The van der Waals surface area contributed by atoms with Crippen LogP contribution in [0.4, 0.5) is 0 Å². The number of carbonyl (C=O) groups is 1. The van der Waals surface area contributed by atoms with Crippen molar-refractivity contribution >= 4 is 5.91 Å². The molecule has 2 aliphatic rings. The number of carbonyl (C=O) groups excluding carboxylic acids is 1. The summed E-state index contributed by atoms with van der Waals surface area (Å²) in [6, 6.07) is 0. The van der Waals surface area contributed by atoms with E-state index in [-0.39, 0.29) is 24.2 Å². The molecule has 2 rings (SSSR count). The number of nitrogens with one attached hydrogen (secondary N) is 1. The molecule has 1 amide bonds. The molecular weight excluding hydrogens is 182 g/mol. The molecule has 0 aromatic carbocycles. The Hall–Kier alpha value is -0.610. The third-order valence-electron chi connectivity index (χ3n) is 3.03. The summed E-state index contributed by atoms with van der Waals surface area (Å²) in [7, 11) is 0. The molecule has 2 fully saturated rings. The van der Waals surface area contributed by atoms with Gasteiger partial charge in [-0.05, 0) is 26.2 Å². The van der Waals surface area contributed by atoms with Gasteiger partial charge in [0.1, 0.15) is 12.2 Å². The minimum atomic E-state index is -0.325. The zero-order valence-corrected chi connectivity index (χ0v) is 8.54. The van der Waals surface area contributed by atoms with Gasteiger partial charge < -0.3 is 14.8 Å². The molecule has 4 heteroatoms. The molecule has 2 atom stereocenters. The summed E-state index contributed by atoms with van der Waals surface area (Å²) in [5, 5.41) is 2.83. The number of hydrogen-bond acceptors (Lipinski definition) is 3. The highest BCUT2D eigenvalue weighted by atomic mass is 16.6. The van der Waals surface area contributed by atoms with Gasteiger partial charge in [-0.25, -0.2) is 0 Å². The van der Waals surface area contributed by atoms with Crippen molar-refractivity contribution in [2.45, 2.75) is 37.9 Å². The van der Waals surface area contributed by atoms with Gasteiger partial charge in [-0.1, -0.05) is 0 Å². The van der Waals surface area contributed by atoms with Gasteiger partial charge in [0.25, 0.3) is 0 Å². The van der Waals surface area contributed by atoms with E-state index in [1.165, 1.54) is 6.42 Å². The molecule has 0 saturated carbocycles. The van der Waals surface area contributed by atoms with Crippen LogP contribution in [0.2, 0.25) is 0 Å². The van der Waals surface area contributed by atoms with Crippen LogP contribution in [-0.4, -0.2) is 37.4 Å². The van der Waals surface area contributed by atoms with Crippen LogP contribution in [0, 0.1) is 0 Å². The molecular formula is C10H17NO3. The summed E-state index contributed by atoms with van der Waals surface area (Å²) >= 11 is 0. The molecule has 80 valence electrons. The number of rotatable bonds is 1. The van der Waals surface area contributed by atoms with E-state index < -0.39 is 0 Å². The predicted molar refractivity (Wildman–Crippen MR) is 51.0 cm³/mol. The number of ether oxygens (including phenoxy) is 2. The molecule has 14 heavy (non-hydrogen) atoms. The third kappa shape index (κ3) is 1.91. The zero-order valence-electron chi connectivity index (χ0n) is 8.54. The smallest absolute Gasteiger partial charge is 0.246 e. The maximum atomic E-state index is 11.0. The summed E-state index contributed by atoms with van der Waals surface area (Å²) in [5.74, 6) is -0.0294. The monoisotopic (exact) mass is 199 g/mol. The van der Waals surface area contributed by atoms with Gasteiger partial charge >= 0.3 is 0 Å². The van der Waals surface area contributed by atoms with Crippen molar-refractivity contribution < 1.29 is 14.3 Å². The maximum Gasteiger partial charge on any atom is 0.246 e. The molecule has 0 radical (unpaired) electrons. The Kier molecular flexibility index (Phi) is 2.74. The van der Waals surface area contributed by atoms with Crippen LogP contribution in [0.3, 0.4) is 0 Å². The van der Waals surface area contributed by atoms with Crippen LogP contribution in [0.25, 0.3) is 0 Å². The van der Waals surface area contributed by atoms with Crippen LogP contribution < -0.4 is 5.32 Å². The fourth-order valence-electron chi connectivity index (χ4n) is 2.04. The first-order chi connectivity index (χ1) is 6.71. The Morgan fingerprint density at radius 1 is 1.50 bits per heavy atom. The fraction of sp³-hybridized carbons (Fsp3) is 0.900. The molecule has 2 unspecified atom stereocenters. The topological polar surface area (TPSA) is 47.6 Å². The van der Waals surface area contributed by atoms with Gasteiger partial charge in [-0.3, -0.25) is 4.79 Å². The van der Waals surface area contributed by atoms with Crippen molar-refractivity contribution in [3.8, 4) is 0 Å². The van der Waals surface area contributed by atoms with E-state index in [2.05, 4.69) is 5.32 Å². The van der Waals surface area contributed by atoms with Crippen LogP contribution in [0.5, 0.6) is 0 Å². The minimum Gasteiger partial charge on any atom is -0.375 e. The molecule has 0 aromatic rings. The Morgan fingerprint density at radius 2 is 2.36 bits per heavy atom. The summed E-state index contributed by atoms with van der Waals surface area (Å²) < 4.78 is 11.3. The largest absolute Gasteiger partial charge is 0.375 e. The summed E-state index contributed by atoms with van der Waals surface area (Å²) in [6.07, 6.45) is 3.50. The zero-order chi connectivity index (χ0) is 10.0. The minimum absolute atomic E-state index is 0.0294. The quantitative estimate of drug-likeness (QED) is 0.667. The van der Waals surface area contributed by atoms with Gasteiger partial charge in [-0.2, -0.15) is 0 Å². The van der Waals surface area contributed by atoms with Crippen molar-refractivity contribution in [1.82, 2.24) is 5.32 Å². The average Bonchev–Trinajstić information content (AvgIpc) is 2.24. The van der Waals surface area contributed by atoms with Gasteiger partial charge in [0.15, 0.2) is 0 Å². The lowest BCUT2D eigenvalue weighted by molar-refractivity contribution is -0.173. The molecule has 1 N–H and O–H groups in total. The highest BCUT2D eigenvalue weighted by Crippen LogP contribution is 2.27. The second-order valence-corrected chi connectivity index (χ2v) is 4.23. The summed E-state index contributed by atoms with van der Waals surface area (Å²) in [5.41, 5.74) is -0.325. The Labute approximate surface area is 84.0 Å². The molecule has 2 aliphatic heterocycles. The van der Waals surface area contributed by atoms with Crippen molar-refractivity contribution in [3.05, 3.63) is 0 Å².